The number of thiocarbonyl (C=S) groups is 1. The third kappa shape index (κ3) is 4.60. The molecule has 7 heteroatoms. The van der Waals surface area contributed by atoms with Crippen LogP contribution >= 0.6 is 12.2 Å². The summed E-state index contributed by atoms with van der Waals surface area (Å²) in [5.41, 5.74) is 2.27. The van der Waals surface area contributed by atoms with Gasteiger partial charge in [0, 0.05) is 11.3 Å². The fourth-order valence-electron chi connectivity index (χ4n) is 2.19. The summed E-state index contributed by atoms with van der Waals surface area (Å²) in [6.07, 6.45) is 0. The lowest BCUT2D eigenvalue weighted by atomic mass is 10.1. The smallest absolute Gasteiger partial charge is 0.257 e. The number of hydrogen-bond donors (Lipinski definition) is 2. The van der Waals surface area contributed by atoms with E-state index >= 15 is 0 Å². The Morgan fingerprint density at radius 3 is 2.00 bits per heavy atom. The molecule has 2 aromatic rings. The Hall–Kier alpha value is -2.80. The summed E-state index contributed by atoms with van der Waals surface area (Å²) >= 11 is 5.19. The van der Waals surface area contributed by atoms with Crippen LogP contribution in [0.25, 0.3) is 0 Å². The van der Waals surface area contributed by atoms with Gasteiger partial charge in [0.1, 0.15) is 0 Å². The van der Waals surface area contributed by atoms with Crippen LogP contribution in [0.3, 0.4) is 0 Å². The molecule has 25 heavy (non-hydrogen) atoms. The molecule has 2 aromatic carbocycles. The second-order valence-electron chi connectivity index (χ2n) is 5.19. The zero-order valence-corrected chi connectivity index (χ0v) is 15.3. The summed E-state index contributed by atoms with van der Waals surface area (Å²) in [4.78, 5) is 12.4. The van der Waals surface area contributed by atoms with Gasteiger partial charge < -0.3 is 19.5 Å². The minimum Gasteiger partial charge on any atom is -0.493 e. The number of benzene rings is 2. The van der Waals surface area contributed by atoms with Crippen LogP contribution in [-0.4, -0.2) is 32.3 Å². The van der Waals surface area contributed by atoms with Crippen LogP contribution in [0.4, 0.5) is 5.69 Å². The Labute approximate surface area is 152 Å². The molecular weight excluding hydrogens is 340 g/mol. The molecule has 0 fully saturated rings. The SMILES string of the molecule is COc1cc(C(=O)NC(=S)Nc2ccc(C)cc2)cc(OC)c1OC. The predicted molar refractivity (Wildman–Crippen MR) is 101 cm³/mol. The number of rotatable bonds is 5. The highest BCUT2D eigenvalue weighted by molar-refractivity contribution is 7.80. The normalized spacial score (nSPS) is 9.92. The monoisotopic (exact) mass is 360 g/mol. The van der Waals surface area contributed by atoms with Gasteiger partial charge in [0.15, 0.2) is 16.6 Å². The van der Waals surface area contributed by atoms with E-state index in [-0.39, 0.29) is 11.0 Å². The minimum atomic E-state index is -0.385. The fraction of sp³-hybridized carbons (Fsp3) is 0.222. The van der Waals surface area contributed by atoms with Crippen molar-refractivity contribution in [2.45, 2.75) is 6.92 Å². The fourth-order valence-corrected chi connectivity index (χ4v) is 2.40. The maximum atomic E-state index is 12.4. The van der Waals surface area contributed by atoms with E-state index in [0.717, 1.165) is 11.3 Å². The van der Waals surface area contributed by atoms with Crippen LogP contribution < -0.4 is 24.8 Å². The van der Waals surface area contributed by atoms with Gasteiger partial charge in [0.05, 0.1) is 21.3 Å². The molecule has 2 N–H and O–H groups in total. The van der Waals surface area contributed by atoms with Gasteiger partial charge in [-0.25, -0.2) is 0 Å². The average molecular weight is 360 g/mol. The molecule has 0 atom stereocenters. The van der Waals surface area contributed by atoms with Crippen molar-refractivity contribution in [1.29, 1.82) is 0 Å². The highest BCUT2D eigenvalue weighted by atomic mass is 32.1. The molecule has 2 rings (SSSR count). The molecule has 0 aromatic heterocycles. The Balaban J connectivity index is 2.14. The van der Waals surface area contributed by atoms with Crippen LogP contribution in [0, 0.1) is 6.92 Å². The number of ether oxygens (including phenoxy) is 3. The number of aryl methyl sites for hydroxylation is 1. The lowest BCUT2D eigenvalue weighted by Crippen LogP contribution is -2.34. The quantitative estimate of drug-likeness (QED) is 0.799. The van der Waals surface area contributed by atoms with Crippen molar-refractivity contribution in [2.24, 2.45) is 0 Å². The number of nitrogens with one attached hydrogen (secondary N) is 2. The largest absolute Gasteiger partial charge is 0.493 e. The van der Waals surface area contributed by atoms with Gasteiger partial charge in [-0.3, -0.25) is 10.1 Å². The Bertz CT molecular complexity index is 750. The number of anilines is 1. The standard InChI is InChI=1S/C18H20N2O4S/c1-11-5-7-13(8-6-11)19-18(25)20-17(21)12-9-14(22-2)16(24-4)15(10-12)23-3/h5-10H,1-4H3,(H2,19,20,21,25). The molecule has 0 aliphatic heterocycles. The summed E-state index contributed by atoms with van der Waals surface area (Å²) in [6.45, 7) is 1.99. The van der Waals surface area contributed by atoms with Gasteiger partial charge in [0.2, 0.25) is 5.75 Å². The van der Waals surface area contributed by atoms with E-state index in [4.69, 9.17) is 26.4 Å². The molecule has 0 spiro atoms. The van der Waals surface area contributed by atoms with Crippen LogP contribution in [0.2, 0.25) is 0 Å². The summed E-state index contributed by atoms with van der Waals surface area (Å²) in [7, 11) is 4.48. The molecule has 0 saturated carbocycles. The van der Waals surface area contributed by atoms with Crippen molar-refractivity contribution >= 4 is 28.9 Å². The molecule has 0 radical (unpaired) electrons. The lowest BCUT2D eigenvalue weighted by Gasteiger charge is -2.14. The molecule has 0 saturated heterocycles. The molecule has 0 unspecified atom stereocenters. The molecule has 132 valence electrons. The van der Waals surface area contributed by atoms with Crippen molar-refractivity contribution < 1.29 is 19.0 Å². The number of hydrogen-bond acceptors (Lipinski definition) is 5. The van der Waals surface area contributed by atoms with Crippen LogP contribution in [0.15, 0.2) is 36.4 Å². The summed E-state index contributed by atoms with van der Waals surface area (Å²) in [5.74, 6) is 0.819. The lowest BCUT2D eigenvalue weighted by molar-refractivity contribution is 0.0977. The van der Waals surface area contributed by atoms with Crippen molar-refractivity contribution in [2.75, 3.05) is 26.6 Å². The summed E-state index contributed by atoms with van der Waals surface area (Å²) in [5, 5.41) is 5.79. The van der Waals surface area contributed by atoms with Gasteiger partial charge in [-0.1, -0.05) is 17.7 Å². The highest BCUT2D eigenvalue weighted by Gasteiger charge is 2.17. The van der Waals surface area contributed by atoms with Gasteiger partial charge in [-0.15, -0.1) is 0 Å². The second kappa shape index (κ2) is 8.34. The van der Waals surface area contributed by atoms with Crippen molar-refractivity contribution in [1.82, 2.24) is 5.32 Å². The topological polar surface area (TPSA) is 68.8 Å². The first-order valence-corrected chi connectivity index (χ1v) is 7.88. The molecule has 0 heterocycles. The van der Waals surface area contributed by atoms with Crippen LogP contribution in [0.5, 0.6) is 17.2 Å². The van der Waals surface area contributed by atoms with E-state index in [9.17, 15) is 4.79 Å². The average Bonchev–Trinajstić information content (AvgIpc) is 2.62. The van der Waals surface area contributed by atoms with E-state index in [1.54, 1.807) is 12.1 Å². The number of amides is 1. The van der Waals surface area contributed by atoms with E-state index in [0.29, 0.717) is 22.8 Å². The van der Waals surface area contributed by atoms with E-state index in [1.165, 1.54) is 21.3 Å². The first kappa shape index (κ1) is 18.5. The first-order valence-electron chi connectivity index (χ1n) is 7.47. The second-order valence-corrected chi connectivity index (χ2v) is 5.60. The van der Waals surface area contributed by atoms with Gasteiger partial charge in [-0.05, 0) is 43.4 Å². The maximum Gasteiger partial charge on any atom is 0.257 e. The molecule has 6 nitrogen and oxygen atoms in total. The molecule has 0 bridgehead atoms. The third-order valence-corrected chi connectivity index (χ3v) is 3.67. The summed E-state index contributed by atoms with van der Waals surface area (Å²) < 4.78 is 15.7. The van der Waals surface area contributed by atoms with E-state index in [1.807, 2.05) is 31.2 Å². The molecule has 0 aliphatic rings. The van der Waals surface area contributed by atoms with Gasteiger partial charge >= 0.3 is 0 Å². The van der Waals surface area contributed by atoms with E-state index < -0.39 is 0 Å². The number of methoxy groups -OCH3 is 3. The van der Waals surface area contributed by atoms with Crippen LogP contribution in [-0.2, 0) is 0 Å². The predicted octanol–water partition coefficient (Wildman–Crippen LogP) is 3.15. The zero-order chi connectivity index (χ0) is 18.4. The minimum absolute atomic E-state index is 0.197. The first-order chi connectivity index (χ1) is 12.0. The van der Waals surface area contributed by atoms with Crippen molar-refractivity contribution in [3.8, 4) is 17.2 Å². The molecular formula is C18H20N2O4S. The Morgan fingerprint density at radius 1 is 0.960 bits per heavy atom. The maximum absolute atomic E-state index is 12.4. The highest BCUT2D eigenvalue weighted by Crippen LogP contribution is 2.38. The van der Waals surface area contributed by atoms with Crippen molar-refractivity contribution in [3.63, 3.8) is 0 Å². The van der Waals surface area contributed by atoms with Crippen LogP contribution in [0.1, 0.15) is 15.9 Å². The van der Waals surface area contributed by atoms with Gasteiger partial charge in [-0.2, -0.15) is 0 Å². The number of carbonyl (C=O) groups excluding carboxylic acids is 1. The third-order valence-electron chi connectivity index (χ3n) is 3.46. The van der Waals surface area contributed by atoms with Crippen molar-refractivity contribution in [3.05, 3.63) is 47.5 Å². The zero-order valence-electron chi connectivity index (χ0n) is 14.5. The molecule has 1 amide bonds. The number of carbonyl (C=O) groups is 1. The van der Waals surface area contributed by atoms with E-state index in [2.05, 4.69) is 10.6 Å². The Kier molecular flexibility index (Phi) is 6.19. The Morgan fingerprint density at radius 2 is 1.52 bits per heavy atom. The summed E-state index contributed by atoms with van der Waals surface area (Å²) in [6, 6.07) is 10.8. The van der Waals surface area contributed by atoms with Gasteiger partial charge in [0.25, 0.3) is 5.91 Å². The molecule has 0 aliphatic carbocycles.